The molecule has 0 aromatic carbocycles. The number of hydrogen-bond donors (Lipinski definition) is 1. The van der Waals surface area contributed by atoms with Gasteiger partial charge in [-0.1, -0.05) is 0 Å². The number of carboxylic acids is 1. The average molecular weight is 148 g/mol. The second kappa shape index (κ2) is 2.96. The highest BCUT2D eigenvalue weighted by molar-refractivity contribution is 5.68. The van der Waals surface area contributed by atoms with Crippen molar-refractivity contribution in [2.24, 2.45) is 0 Å². The monoisotopic (exact) mass is 148 g/mol. The number of carbonyl (C=O) groups is 1. The van der Waals surface area contributed by atoms with Crippen LogP contribution in [-0.2, 0) is 9.53 Å². The predicted molar refractivity (Wildman–Crippen MR) is 31.5 cm³/mol. The summed E-state index contributed by atoms with van der Waals surface area (Å²) in [4.78, 5) is 9.91. The number of alkyl halides is 1. The zero-order chi connectivity index (χ0) is 7.56. The van der Waals surface area contributed by atoms with Crippen LogP contribution < -0.4 is 0 Å². The van der Waals surface area contributed by atoms with Crippen LogP contribution in [0.5, 0.6) is 0 Å². The molecule has 0 aliphatic heterocycles. The molecule has 0 radical (unpaired) electrons. The van der Waals surface area contributed by atoms with Crippen molar-refractivity contribution >= 4 is 5.97 Å². The van der Waals surface area contributed by atoms with Gasteiger partial charge in [0.1, 0.15) is 12.8 Å². The van der Waals surface area contributed by atoms with Crippen molar-refractivity contribution in [2.45, 2.75) is 25.1 Å². The lowest BCUT2D eigenvalue weighted by molar-refractivity contribution is -0.147. The normalized spacial score (nSPS) is 31.3. The largest absolute Gasteiger partial charge is 0.480 e. The number of ether oxygens (including phenoxy) is 1. The summed E-state index contributed by atoms with van der Waals surface area (Å²) < 4.78 is 16.8. The number of carboxylic acid groups (broad SMARTS) is 1. The maximum atomic E-state index is 12.1. The van der Waals surface area contributed by atoms with E-state index >= 15 is 0 Å². The van der Waals surface area contributed by atoms with E-state index in [-0.39, 0.29) is 12.7 Å². The van der Waals surface area contributed by atoms with E-state index in [4.69, 9.17) is 9.84 Å². The highest BCUT2D eigenvalue weighted by atomic mass is 19.1. The third-order valence-electron chi connectivity index (χ3n) is 1.48. The molecule has 0 aromatic heterocycles. The number of hydrogen-bond acceptors (Lipinski definition) is 2. The molecule has 1 rings (SSSR count). The molecule has 1 aliphatic carbocycles. The van der Waals surface area contributed by atoms with Crippen LogP contribution >= 0.6 is 0 Å². The number of rotatable bonds is 3. The van der Waals surface area contributed by atoms with Gasteiger partial charge in [-0.05, 0) is 0 Å². The van der Waals surface area contributed by atoms with E-state index in [1.807, 2.05) is 0 Å². The van der Waals surface area contributed by atoms with Gasteiger partial charge in [0.2, 0.25) is 0 Å². The summed E-state index contributed by atoms with van der Waals surface area (Å²) in [5, 5.41) is 8.13. The van der Waals surface area contributed by atoms with Gasteiger partial charge in [-0.2, -0.15) is 0 Å². The van der Waals surface area contributed by atoms with Gasteiger partial charge in [0.15, 0.2) is 0 Å². The molecule has 0 amide bonds. The molecule has 1 fully saturated rings. The molecule has 1 N–H and O–H groups in total. The van der Waals surface area contributed by atoms with Gasteiger partial charge in [-0.25, -0.2) is 9.18 Å². The Kier molecular flexibility index (Phi) is 2.21. The summed E-state index contributed by atoms with van der Waals surface area (Å²) in [5.74, 6) is -0.998. The smallest absolute Gasteiger partial charge is 0.329 e. The minimum Gasteiger partial charge on any atom is -0.480 e. The van der Waals surface area contributed by atoms with Gasteiger partial charge < -0.3 is 9.84 Å². The zero-order valence-corrected chi connectivity index (χ0v) is 5.42. The first-order valence-electron chi connectivity index (χ1n) is 3.16. The van der Waals surface area contributed by atoms with Crippen LogP contribution in [0.3, 0.4) is 0 Å². The zero-order valence-electron chi connectivity index (χ0n) is 5.42. The van der Waals surface area contributed by atoms with Gasteiger partial charge in [-0.3, -0.25) is 0 Å². The first-order chi connectivity index (χ1) is 4.68. The van der Waals surface area contributed by atoms with Crippen LogP contribution in [0, 0.1) is 0 Å². The van der Waals surface area contributed by atoms with Crippen molar-refractivity contribution in [1.29, 1.82) is 0 Å². The Labute approximate surface area is 57.8 Å². The molecular formula is C6H9FO3. The molecule has 1 aliphatic rings. The van der Waals surface area contributed by atoms with Crippen LogP contribution in [0.25, 0.3) is 0 Å². The van der Waals surface area contributed by atoms with E-state index in [2.05, 4.69) is 0 Å². The number of halogens is 1. The number of aliphatic carboxylic acids is 1. The molecule has 1 saturated carbocycles. The summed E-state index contributed by atoms with van der Waals surface area (Å²) >= 11 is 0. The molecule has 10 heavy (non-hydrogen) atoms. The van der Waals surface area contributed by atoms with Gasteiger partial charge in [-0.15, -0.1) is 0 Å². The van der Waals surface area contributed by atoms with E-state index in [1.54, 1.807) is 0 Å². The van der Waals surface area contributed by atoms with Gasteiger partial charge in [0.05, 0.1) is 6.10 Å². The second-order valence-corrected chi connectivity index (χ2v) is 2.40. The highest BCUT2D eigenvalue weighted by Crippen LogP contribution is 2.25. The van der Waals surface area contributed by atoms with Crippen molar-refractivity contribution in [2.75, 3.05) is 6.61 Å². The molecule has 4 heteroatoms. The standard InChI is InChI=1S/C6H9FO3/c7-4-1-5(2-4)10-3-6(8)9/h4-5H,1-3H2,(H,8,9)/t4-,5+. The lowest BCUT2D eigenvalue weighted by Crippen LogP contribution is -2.33. The van der Waals surface area contributed by atoms with E-state index in [1.165, 1.54) is 0 Å². The fraction of sp³-hybridized carbons (Fsp3) is 0.833. The SMILES string of the molecule is O=C(O)CO[C@H]1C[C@@H](F)C1. The molecule has 0 saturated heterocycles. The fourth-order valence-electron chi connectivity index (χ4n) is 0.827. The maximum absolute atomic E-state index is 12.1. The second-order valence-electron chi connectivity index (χ2n) is 2.40. The molecule has 0 heterocycles. The Bertz CT molecular complexity index is 131. The summed E-state index contributed by atoms with van der Waals surface area (Å²) in [6, 6.07) is 0. The molecular weight excluding hydrogens is 139 g/mol. The molecule has 0 atom stereocenters. The van der Waals surface area contributed by atoms with Crippen LogP contribution in [-0.4, -0.2) is 30.0 Å². The third kappa shape index (κ3) is 1.95. The first-order valence-corrected chi connectivity index (χ1v) is 3.16. The van der Waals surface area contributed by atoms with Crippen LogP contribution in [0.15, 0.2) is 0 Å². The quantitative estimate of drug-likeness (QED) is 0.637. The molecule has 0 aromatic rings. The topological polar surface area (TPSA) is 46.5 Å². The molecule has 0 unspecified atom stereocenters. The van der Waals surface area contributed by atoms with Crippen molar-refractivity contribution in [3.63, 3.8) is 0 Å². The Hall–Kier alpha value is -0.640. The predicted octanol–water partition coefficient (Wildman–Crippen LogP) is 0.588. The van der Waals surface area contributed by atoms with Gasteiger partial charge in [0, 0.05) is 12.8 Å². The van der Waals surface area contributed by atoms with Crippen molar-refractivity contribution in [3.05, 3.63) is 0 Å². The molecule has 0 spiro atoms. The molecule has 3 nitrogen and oxygen atoms in total. The van der Waals surface area contributed by atoms with E-state index in [0.717, 1.165) is 0 Å². The van der Waals surface area contributed by atoms with Crippen LogP contribution in [0.4, 0.5) is 4.39 Å². The lowest BCUT2D eigenvalue weighted by Gasteiger charge is -2.28. The minimum absolute atomic E-state index is 0.161. The maximum Gasteiger partial charge on any atom is 0.329 e. The third-order valence-corrected chi connectivity index (χ3v) is 1.48. The first kappa shape index (κ1) is 7.47. The fourth-order valence-corrected chi connectivity index (χ4v) is 0.827. The Morgan fingerprint density at radius 3 is 2.70 bits per heavy atom. The van der Waals surface area contributed by atoms with Crippen molar-refractivity contribution < 1.29 is 19.0 Å². The minimum atomic E-state index is -0.998. The van der Waals surface area contributed by atoms with Gasteiger partial charge >= 0.3 is 5.97 Å². The van der Waals surface area contributed by atoms with Crippen molar-refractivity contribution in [3.8, 4) is 0 Å². The van der Waals surface area contributed by atoms with E-state index in [9.17, 15) is 9.18 Å². The summed E-state index contributed by atoms with van der Waals surface area (Å²) in [5.41, 5.74) is 0. The van der Waals surface area contributed by atoms with Crippen LogP contribution in [0.2, 0.25) is 0 Å². The highest BCUT2D eigenvalue weighted by Gasteiger charge is 2.29. The Balaban J connectivity index is 2.00. The molecule has 58 valence electrons. The average Bonchev–Trinajstić information content (AvgIpc) is 1.77. The van der Waals surface area contributed by atoms with E-state index < -0.39 is 12.1 Å². The lowest BCUT2D eigenvalue weighted by atomic mass is 9.94. The van der Waals surface area contributed by atoms with E-state index in [0.29, 0.717) is 12.8 Å². The van der Waals surface area contributed by atoms with Gasteiger partial charge in [0.25, 0.3) is 0 Å². The van der Waals surface area contributed by atoms with Crippen LogP contribution in [0.1, 0.15) is 12.8 Å². The molecule has 0 bridgehead atoms. The Morgan fingerprint density at radius 2 is 2.30 bits per heavy atom. The summed E-state index contributed by atoms with van der Waals surface area (Å²) in [6.07, 6.45) is -0.231. The van der Waals surface area contributed by atoms with Crippen molar-refractivity contribution in [1.82, 2.24) is 0 Å². The Morgan fingerprint density at radius 1 is 1.70 bits per heavy atom. The summed E-state index contributed by atoms with van der Waals surface area (Å²) in [6.45, 7) is -0.308. The summed E-state index contributed by atoms with van der Waals surface area (Å²) in [7, 11) is 0.